The molecule has 2 aromatic carbocycles. The quantitative estimate of drug-likeness (QED) is 0.684. The molecule has 6 heteroatoms. The fraction of sp³-hybridized carbons (Fsp3) is 0.250. The first-order valence-electron chi connectivity index (χ1n) is 8.36. The van der Waals surface area contributed by atoms with Crippen molar-refractivity contribution >= 4 is 16.6 Å². The van der Waals surface area contributed by atoms with E-state index in [4.69, 9.17) is 4.74 Å². The lowest BCUT2D eigenvalue weighted by Crippen LogP contribution is -2.13. The molecule has 0 saturated heterocycles. The fourth-order valence-corrected chi connectivity index (χ4v) is 2.70. The van der Waals surface area contributed by atoms with Crippen LogP contribution in [0.2, 0.25) is 0 Å². The Hall–Kier alpha value is -2.73. The van der Waals surface area contributed by atoms with Gasteiger partial charge in [-0.1, -0.05) is 12.1 Å². The number of nitrogens with zero attached hydrogens (tertiary/aromatic N) is 1. The summed E-state index contributed by atoms with van der Waals surface area (Å²) in [7, 11) is 0. The number of fused-ring (bicyclic) bond motifs is 1. The molecule has 0 spiro atoms. The molecular formula is C20H20F2N2O2. The van der Waals surface area contributed by atoms with E-state index in [2.05, 4.69) is 10.3 Å². The molecule has 0 saturated carbocycles. The summed E-state index contributed by atoms with van der Waals surface area (Å²) < 4.78 is 32.9. The van der Waals surface area contributed by atoms with Gasteiger partial charge in [0.15, 0.2) is 5.82 Å². The molecule has 1 unspecified atom stereocenters. The van der Waals surface area contributed by atoms with Crippen molar-refractivity contribution in [2.45, 2.75) is 26.1 Å². The van der Waals surface area contributed by atoms with Crippen LogP contribution < -0.4 is 10.1 Å². The van der Waals surface area contributed by atoms with Crippen LogP contribution in [-0.2, 0) is 0 Å². The van der Waals surface area contributed by atoms with E-state index in [1.807, 2.05) is 13.8 Å². The molecule has 4 nitrogen and oxygen atoms in total. The number of nitrogens with one attached hydrogen (secondary N) is 1. The summed E-state index contributed by atoms with van der Waals surface area (Å²) in [6.07, 6.45) is 0.730. The molecule has 0 radical (unpaired) electrons. The number of benzene rings is 2. The van der Waals surface area contributed by atoms with Crippen LogP contribution in [0.1, 0.15) is 25.5 Å². The number of aliphatic hydroxyl groups excluding tert-OH is 1. The second kappa shape index (κ2) is 7.66. The summed E-state index contributed by atoms with van der Waals surface area (Å²) in [6, 6.07) is 10.8. The Morgan fingerprint density at radius 1 is 1.12 bits per heavy atom. The summed E-state index contributed by atoms with van der Waals surface area (Å²) in [5.74, 6) is -0.660. The van der Waals surface area contributed by atoms with Gasteiger partial charge in [-0.15, -0.1) is 0 Å². The predicted octanol–water partition coefficient (Wildman–Crippen LogP) is 4.45. The summed E-state index contributed by atoms with van der Waals surface area (Å²) in [5.41, 5.74) is 1.30. The summed E-state index contributed by atoms with van der Waals surface area (Å²) in [4.78, 5) is 3.94. The number of anilines is 1. The van der Waals surface area contributed by atoms with Crippen LogP contribution in [0.4, 0.5) is 14.5 Å². The van der Waals surface area contributed by atoms with Gasteiger partial charge in [-0.05, 0) is 43.7 Å². The van der Waals surface area contributed by atoms with E-state index in [1.54, 1.807) is 30.3 Å². The molecule has 136 valence electrons. The molecule has 1 atom stereocenters. The molecule has 0 aliphatic rings. The monoisotopic (exact) mass is 358 g/mol. The highest BCUT2D eigenvalue weighted by Gasteiger charge is 2.12. The molecule has 0 fully saturated rings. The van der Waals surface area contributed by atoms with E-state index in [1.165, 1.54) is 12.3 Å². The fourth-order valence-electron chi connectivity index (χ4n) is 2.70. The molecule has 0 aliphatic heterocycles. The lowest BCUT2D eigenvalue weighted by atomic mass is 10.1. The molecule has 0 amide bonds. The Kier molecular flexibility index (Phi) is 5.32. The number of rotatable bonds is 6. The Labute approximate surface area is 150 Å². The average molecular weight is 358 g/mol. The van der Waals surface area contributed by atoms with Gasteiger partial charge < -0.3 is 15.2 Å². The van der Waals surface area contributed by atoms with Crippen LogP contribution in [0.25, 0.3) is 10.9 Å². The second-order valence-corrected chi connectivity index (χ2v) is 6.27. The Bertz CT molecular complexity index is 898. The van der Waals surface area contributed by atoms with E-state index < -0.39 is 17.7 Å². The third-order valence-electron chi connectivity index (χ3n) is 3.89. The second-order valence-electron chi connectivity index (χ2n) is 6.27. The molecular weight excluding hydrogens is 338 g/mol. The van der Waals surface area contributed by atoms with Crippen LogP contribution in [0.15, 0.2) is 48.7 Å². The SMILES string of the molecule is CC(C)Oc1ccc(C(O)CNc2ccnc3c(F)cc(F)cc23)cc1. The van der Waals surface area contributed by atoms with Crippen LogP contribution >= 0.6 is 0 Å². The molecule has 26 heavy (non-hydrogen) atoms. The van der Waals surface area contributed by atoms with Gasteiger partial charge in [-0.25, -0.2) is 8.78 Å². The maximum Gasteiger partial charge on any atom is 0.152 e. The van der Waals surface area contributed by atoms with Crippen molar-refractivity contribution in [2.75, 3.05) is 11.9 Å². The largest absolute Gasteiger partial charge is 0.491 e. The van der Waals surface area contributed by atoms with Crippen molar-refractivity contribution in [2.24, 2.45) is 0 Å². The molecule has 3 aromatic rings. The Morgan fingerprint density at radius 2 is 1.85 bits per heavy atom. The van der Waals surface area contributed by atoms with Crippen molar-refractivity contribution in [1.82, 2.24) is 4.98 Å². The topological polar surface area (TPSA) is 54.4 Å². The number of hydrogen-bond acceptors (Lipinski definition) is 4. The number of pyridine rings is 1. The normalized spacial score (nSPS) is 12.4. The summed E-state index contributed by atoms with van der Waals surface area (Å²) in [5, 5.41) is 13.7. The van der Waals surface area contributed by atoms with E-state index in [0.717, 1.165) is 11.8 Å². The number of ether oxygens (including phenoxy) is 1. The van der Waals surface area contributed by atoms with Gasteiger partial charge in [0.05, 0.1) is 12.2 Å². The molecule has 1 aromatic heterocycles. The third kappa shape index (κ3) is 4.08. The van der Waals surface area contributed by atoms with Crippen molar-refractivity contribution in [3.8, 4) is 5.75 Å². The highest BCUT2D eigenvalue weighted by molar-refractivity contribution is 5.91. The first-order chi connectivity index (χ1) is 12.4. The zero-order valence-corrected chi connectivity index (χ0v) is 14.5. The minimum Gasteiger partial charge on any atom is -0.491 e. The zero-order chi connectivity index (χ0) is 18.7. The molecule has 0 bridgehead atoms. The van der Waals surface area contributed by atoms with Gasteiger partial charge in [0.1, 0.15) is 17.1 Å². The van der Waals surface area contributed by atoms with Gasteiger partial charge in [-0.2, -0.15) is 0 Å². The van der Waals surface area contributed by atoms with E-state index in [0.29, 0.717) is 16.6 Å². The number of hydrogen-bond donors (Lipinski definition) is 2. The number of halogens is 2. The maximum atomic E-state index is 13.8. The van der Waals surface area contributed by atoms with Crippen LogP contribution in [0.3, 0.4) is 0 Å². The van der Waals surface area contributed by atoms with E-state index >= 15 is 0 Å². The highest BCUT2D eigenvalue weighted by Crippen LogP contribution is 2.26. The highest BCUT2D eigenvalue weighted by atomic mass is 19.1. The lowest BCUT2D eigenvalue weighted by molar-refractivity contribution is 0.191. The minimum absolute atomic E-state index is 0.0770. The third-order valence-corrected chi connectivity index (χ3v) is 3.89. The lowest BCUT2D eigenvalue weighted by Gasteiger charge is -2.16. The van der Waals surface area contributed by atoms with Crippen molar-refractivity contribution < 1.29 is 18.6 Å². The number of aliphatic hydroxyl groups is 1. The molecule has 3 rings (SSSR count). The first kappa shape index (κ1) is 18.1. The first-order valence-corrected chi connectivity index (χ1v) is 8.36. The summed E-state index contributed by atoms with van der Waals surface area (Å²) in [6.45, 7) is 4.07. The van der Waals surface area contributed by atoms with Gasteiger partial charge >= 0.3 is 0 Å². The molecule has 0 aliphatic carbocycles. The molecule has 1 heterocycles. The van der Waals surface area contributed by atoms with E-state index in [9.17, 15) is 13.9 Å². The number of aromatic nitrogens is 1. The van der Waals surface area contributed by atoms with Gasteiger partial charge in [0.25, 0.3) is 0 Å². The average Bonchev–Trinajstić information content (AvgIpc) is 2.60. The van der Waals surface area contributed by atoms with Crippen LogP contribution in [0.5, 0.6) is 5.75 Å². The van der Waals surface area contributed by atoms with Crippen LogP contribution in [-0.4, -0.2) is 22.7 Å². The maximum absolute atomic E-state index is 13.8. The minimum atomic E-state index is -0.787. The Morgan fingerprint density at radius 3 is 2.54 bits per heavy atom. The summed E-state index contributed by atoms with van der Waals surface area (Å²) >= 11 is 0. The predicted molar refractivity (Wildman–Crippen MR) is 97.3 cm³/mol. The van der Waals surface area contributed by atoms with Gasteiger partial charge in [0.2, 0.25) is 0 Å². The van der Waals surface area contributed by atoms with Gasteiger partial charge in [-0.3, -0.25) is 4.98 Å². The van der Waals surface area contributed by atoms with Crippen molar-refractivity contribution in [3.05, 3.63) is 65.9 Å². The Balaban J connectivity index is 1.73. The smallest absolute Gasteiger partial charge is 0.152 e. The van der Waals surface area contributed by atoms with Crippen molar-refractivity contribution in [1.29, 1.82) is 0 Å². The zero-order valence-electron chi connectivity index (χ0n) is 14.5. The van der Waals surface area contributed by atoms with E-state index in [-0.39, 0.29) is 18.2 Å². The molecule has 2 N–H and O–H groups in total. The standard InChI is InChI=1S/C20H20F2N2O2/c1-12(2)26-15-5-3-13(4-6-15)19(25)11-24-18-7-8-23-20-16(18)9-14(21)10-17(20)22/h3-10,12,19,25H,11H2,1-2H3,(H,23,24). The van der Waals surface area contributed by atoms with Crippen molar-refractivity contribution in [3.63, 3.8) is 0 Å². The van der Waals surface area contributed by atoms with Crippen LogP contribution in [0, 0.1) is 11.6 Å². The van der Waals surface area contributed by atoms with Gasteiger partial charge in [0, 0.05) is 29.9 Å².